The monoisotopic (exact) mass is 527 g/mol. The maximum Gasteiger partial charge on any atom is 0.338 e. The van der Waals surface area contributed by atoms with E-state index in [0.29, 0.717) is 43.5 Å². The molecule has 2 aromatic rings. The van der Waals surface area contributed by atoms with Crippen molar-refractivity contribution in [2.24, 2.45) is 5.92 Å². The second kappa shape index (κ2) is 11.4. The number of piperidine rings is 1. The topological polar surface area (TPSA) is 113 Å². The van der Waals surface area contributed by atoms with Crippen molar-refractivity contribution in [2.45, 2.75) is 50.5 Å². The zero-order valence-corrected chi connectivity index (χ0v) is 22.0. The molecule has 2 aromatic carbocycles. The molecule has 198 valence electrons. The smallest absolute Gasteiger partial charge is 0.338 e. The van der Waals surface area contributed by atoms with Gasteiger partial charge in [0.15, 0.2) is 0 Å². The molecule has 37 heavy (non-hydrogen) atoms. The number of nitrogens with zero attached hydrogens (tertiary/aromatic N) is 2. The number of carbonyl (C=O) groups excluding carboxylic acids is 3. The lowest BCUT2D eigenvalue weighted by molar-refractivity contribution is -0.141. The molecule has 0 bridgehead atoms. The fourth-order valence-electron chi connectivity index (χ4n) is 4.90. The van der Waals surface area contributed by atoms with E-state index in [1.54, 1.807) is 60.4 Å². The fraction of sp³-hybridized carbons (Fsp3) is 0.444. The van der Waals surface area contributed by atoms with Gasteiger partial charge in [0, 0.05) is 31.2 Å². The van der Waals surface area contributed by atoms with Gasteiger partial charge in [-0.15, -0.1) is 0 Å². The third-order valence-electron chi connectivity index (χ3n) is 6.94. The predicted octanol–water partition coefficient (Wildman–Crippen LogP) is 3.20. The van der Waals surface area contributed by atoms with E-state index >= 15 is 0 Å². The van der Waals surface area contributed by atoms with Crippen LogP contribution in [0.5, 0.6) is 0 Å². The molecule has 9 nitrogen and oxygen atoms in total. The summed E-state index contributed by atoms with van der Waals surface area (Å²) in [6.07, 6.45) is 2.09. The van der Waals surface area contributed by atoms with Gasteiger partial charge in [-0.2, -0.15) is 4.31 Å². The van der Waals surface area contributed by atoms with Gasteiger partial charge >= 0.3 is 5.97 Å². The van der Waals surface area contributed by atoms with Crippen LogP contribution in [0.4, 0.5) is 5.69 Å². The van der Waals surface area contributed by atoms with Crippen LogP contribution < -0.4 is 5.32 Å². The van der Waals surface area contributed by atoms with Crippen molar-refractivity contribution >= 4 is 33.5 Å². The Bertz CT molecular complexity index is 1250. The lowest BCUT2D eigenvalue weighted by atomic mass is 9.96. The van der Waals surface area contributed by atoms with E-state index in [9.17, 15) is 22.8 Å². The molecule has 0 spiro atoms. The van der Waals surface area contributed by atoms with Gasteiger partial charge in [-0.1, -0.05) is 23.8 Å². The molecule has 0 saturated carbocycles. The van der Waals surface area contributed by atoms with Gasteiger partial charge in [0.2, 0.25) is 21.8 Å². The van der Waals surface area contributed by atoms with E-state index in [4.69, 9.17) is 4.74 Å². The van der Waals surface area contributed by atoms with E-state index < -0.39 is 22.0 Å². The average molecular weight is 528 g/mol. The molecule has 2 amide bonds. The standard InChI is InChI=1S/C27H33N3O6S/c1-3-36-27(33)21-6-4-7-22(18-21)28-25(31)24-8-5-15-30(24)26(32)20-13-16-29(17-14-20)37(34,35)23-11-9-19(2)10-12-23/h4,6-7,9-12,18,20,24H,3,5,8,13-17H2,1-2H3,(H,28,31)/t24-/m0/s1. The number of amides is 2. The van der Waals surface area contributed by atoms with Gasteiger partial charge in [-0.3, -0.25) is 9.59 Å². The first-order chi connectivity index (χ1) is 17.7. The molecule has 2 heterocycles. The van der Waals surface area contributed by atoms with Gasteiger partial charge in [0.1, 0.15) is 6.04 Å². The number of nitrogens with one attached hydrogen (secondary N) is 1. The Morgan fingerprint density at radius 1 is 1.00 bits per heavy atom. The number of hydrogen-bond acceptors (Lipinski definition) is 6. The van der Waals surface area contributed by atoms with E-state index in [0.717, 1.165) is 5.56 Å². The summed E-state index contributed by atoms with van der Waals surface area (Å²) in [7, 11) is -3.61. The van der Waals surface area contributed by atoms with Crippen molar-refractivity contribution in [1.82, 2.24) is 9.21 Å². The zero-order valence-electron chi connectivity index (χ0n) is 21.2. The summed E-state index contributed by atoms with van der Waals surface area (Å²) in [4.78, 5) is 40.3. The summed E-state index contributed by atoms with van der Waals surface area (Å²) in [6, 6.07) is 12.7. The van der Waals surface area contributed by atoms with Crippen LogP contribution in [-0.4, -0.2) is 67.7 Å². The summed E-state index contributed by atoms with van der Waals surface area (Å²) in [5, 5.41) is 2.83. The maximum atomic E-state index is 13.4. The lowest BCUT2D eigenvalue weighted by Gasteiger charge is -2.34. The molecule has 0 aromatic heterocycles. The highest BCUT2D eigenvalue weighted by atomic mass is 32.2. The highest BCUT2D eigenvalue weighted by Crippen LogP contribution is 2.29. The number of aryl methyl sites for hydroxylation is 1. The molecule has 0 radical (unpaired) electrons. The van der Waals surface area contributed by atoms with Crippen LogP contribution in [0.15, 0.2) is 53.4 Å². The van der Waals surface area contributed by atoms with Crippen molar-refractivity contribution < 1.29 is 27.5 Å². The van der Waals surface area contributed by atoms with Crippen LogP contribution in [0.25, 0.3) is 0 Å². The lowest BCUT2D eigenvalue weighted by Crippen LogP contribution is -2.48. The summed E-state index contributed by atoms with van der Waals surface area (Å²) in [6.45, 7) is 4.89. The molecule has 10 heteroatoms. The number of hydrogen-bond donors (Lipinski definition) is 1. The second-order valence-electron chi connectivity index (χ2n) is 9.47. The molecule has 4 rings (SSSR count). The minimum absolute atomic E-state index is 0.106. The number of anilines is 1. The van der Waals surface area contributed by atoms with E-state index in [-0.39, 0.29) is 42.3 Å². The molecule has 1 N–H and O–H groups in total. The molecule has 2 aliphatic heterocycles. The third kappa shape index (κ3) is 6.02. The van der Waals surface area contributed by atoms with Crippen LogP contribution in [0.3, 0.4) is 0 Å². The minimum Gasteiger partial charge on any atom is -0.462 e. The number of esters is 1. The summed E-state index contributed by atoms with van der Waals surface area (Å²) in [5.74, 6) is -1.20. The fourth-order valence-corrected chi connectivity index (χ4v) is 6.37. The zero-order chi connectivity index (χ0) is 26.6. The van der Waals surface area contributed by atoms with Crippen LogP contribution in [0.2, 0.25) is 0 Å². The minimum atomic E-state index is -3.61. The van der Waals surface area contributed by atoms with Crippen molar-refractivity contribution in [3.63, 3.8) is 0 Å². The van der Waals surface area contributed by atoms with Gasteiger partial charge < -0.3 is 15.0 Å². The Labute approximate surface area is 217 Å². The summed E-state index contributed by atoms with van der Waals surface area (Å²) in [5.41, 5.74) is 1.79. The third-order valence-corrected chi connectivity index (χ3v) is 8.85. The van der Waals surface area contributed by atoms with Gasteiger partial charge in [0.25, 0.3) is 0 Å². The normalized spacial score (nSPS) is 19.0. The van der Waals surface area contributed by atoms with Gasteiger partial charge in [-0.05, 0) is 69.9 Å². The maximum absolute atomic E-state index is 13.4. The summed E-state index contributed by atoms with van der Waals surface area (Å²) < 4.78 is 32.4. The quantitative estimate of drug-likeness (QED) is 0.554. The van der Waals surface area contributed by atoms with Gasteiger partial charge in [-0.25, -0.2) is 13.2 Å². The van der Waals surface area contributed by atoms with E-state index in [1.165, 1.54) is 4.31 Å². The largest absolute Gasteiger partial charge is 0.462 e. The molecule has 2 fully saturated rings. The average Bonchev–Trinajstić information content (AvgIpc) is 3.39. The Balaban J connectivity index is 1.37. The number of ether oxygens (including phenoxy) is 1. The van der Waals surface area contributed by atoms with Crippen LogP contribution in [0.1, 0.15) is 48.5 Å². The highest BCUT2D eigenvalue weighted by Gasteiger charge is 2.39. The van der Waals surface area contributed by atoms with Crippen LogP contribution in [-0.2, 0) is 24.3 Å². The number of carbonyl (C=O) groups is 3. The molecule has 0 aliphatic carbocycles. The Hall–Kier alpha value is -3.24. The first-order valence-corrected chi connectivity index (χ1v) is 14.1. The number of likely N-dealkylation sites (tertiary alicyclic amines) is 1. The van der Waals surface area contributed by atoms with Crippen molar-refractivity contribution in [3.05, 3.63) is 59.7 Å². The SMILES string of the molecule is CCOC(=O)c1cccc(NC(=O)[C@@H]2CCCN2C(=O)C2CCN(S(=O)(=O)c3ccc(C)cc3)CC2)c1. The van der Waals surface area contributed by atoms with Crippen molar-refractivity contribution in [2.75, 3.05) is 31.6 Å². The van der Waals surface area contributed by atoms with Crippen LogP contribution in [0, 0.1) is 12.8 Å². The molecule has 0 unspecified atom stereocenters. The Kier molecular flexibility index (Phi) is 8.29. The first kappa shape index (κ1) is 26.8. The molecule has 2 aliphatic rings. The first-order valence-electron chi connectivity index (χ1n) is 12.7. The van der Waals surface area contributed by atoms with Gasteiger partial charge in [0.05, 0.1) is 17.1 Å². The van der Waals surface area contributed by atoms with Crippen molar-refractivity contribution in [3.8, 4) is 0 Å². The predicted molar refractivity (Wildman–Crippen MR) is 138 cm³/mol. The highest BCUT2D eigenvalue weighted by molar-refractivity contribution is 7.89. The molecular weight excluding hydrogens is 494 g/mol. The number of rotatable bonds is 7. The van der Waals surface area contributed by atoms with E-state index in [2.05, 4.69) is 5.32 Å². The summed E-state index contributed by atoms with van der Waals surface area (Å²) >= 11 is 0. The molecular formula is C27H33N3O6S. The second-order valence-corrected chi connectivity index (χ2v) is 11.4. The molecule has 2 saturated heterocycles. The molecule has 1 atom stereocenters. The number of benzene rings is 2. The number of sulfonamides is 1. The van der Waals surface area contributed by atoms with Crippen LogP contribution >= 0.6 is 0 Å². The Morgan fingerprint density at radius 2 is 1.70 bits per heavy atom. The van der Waals surface area contributed by atoms with Crippen molar-refractivity contribution in [1.29, 1.82) is 0 Å². The Morgan fingerprint density at radius 3 is 2.38 bits per heavy atom. The van der Waals surface area contributed by atoms with E-state index in [1.807, 2.05) is 6.92 Å².